The van der Waals surface area contributed by atoms with Crippen molar-refractivity contribution < 1.29 is 4.79 Å². The molecule has 26 heavy (non-hydrogen) atoms. The molecule has 0 unspecified atom stereocenters. The summed E-state index contributed by atoms with van der Waals surface area (Å²) in [5, 5.41) is 15.0. The Morgan fingerprint density at radius 1 is 1.12 bits per heavy atom. The van der Waals surface area contributed by atoms with E-state index in [0.717, 1.165) is 11.4 Å². The maximum Gasteiger partial charge on any atom is 0.267 e. The number of anilines is 3. The van der Waals surface area contributed by atoms with Crippen molar-refractivity contribution in [3.05, 3.63) is 65.9 Å². The average molecular weight is 348 g/mol. The van der Waals surface area contributed by atoms with Gasteiger partial charge >= 0.3 is 0 Å². The molecule has 1 amide bonds. The molecule has 0 fully saturated rings. The van der Waals surface area contributed by atoms with E-state index in [1.165, 1.54) is 11.8 Å². The Balaban J connectivity index is 2.07. The summed E-state index contributed by atoms with van der Waals surface area (Å²) >= 11 is 0. The Labute approximate surface area is 154 Å². The van der Waals surface area contributed by atoms with Crippen LogP contribution in [0, 0.1) is 11.3 Å². The molecule has 0 aliphatic carbocycles. The first-order valence-electron chi connectivity index (χ1n) is 8.46. The Kier molecular flexibility index (Phi) is 6.40. The average Bonchev–Trinajstić information content (AvgIpc) is 2.63. The van der Waals surface area contributed by atoms with Gasteiger partial charge in [-0.05, 0) is 41.8 Å². The molecule has 134 valence electrons. The van der Waals surface area contributed by atoms with Crippen molar-refractivity contribution in [2.75, 3.05) is 29.6 Å². The van der Waals surface area contributed by atoms with Crippen LogP contribution in [-0.4, -0.2) is 20.0 Å². The molecular weight excluding hydrogens is 324 g/mol. The monoisotopic (exact) mass is 348 g/mol. The molecule has 0 heterocycles. The van der Waals surface area contributed by atoms with E-state index in [2.05, 4.69) is 24.5 Å². The molecule has 5 nitrogen and oxygen atoms in total. The zero-order valence-electron chi connectivity index (χ0n) is 15.6. The Morgan fingerprint density at radius 3 is 2.38 bits per heavy atom. The molecule has 5 heteroatoms. The van der Waals surface area contributed by atoms with Gasteiger partial charge in [0.25, 0.3) is 5.91 Å². The van der Waals surface area contributed by atoms with Gasteiger partial charge in [-0.25, -0.2) is 0 Å². The molecule has 2 aromatic carbocycles. The van der Waals surface area contributed by atoms with E-state index < -0.39 is 5.91 Å². The van der Waals surface area contributed by atoms with Crippen LogP contribution in [0.1, 0.15) is 25.3 Å². The van der Waals surface area contributed by atoms with Gasteiger partial charge in [0, 0.05) is 37.4 Å². The molecule has 0 saturated carbocycles. The number of nitriles is 1. The summed E-state index contributed by atoms with van der Waals surface area (Å²) in [5.41, 5.74) is 3.69. The van der Waals surface area contributed by atoms with Crippen LogP contribution in [0.3, 0.4) is 0 Å². The van der Waals surface area contributed by atoms with Crippen LogP contribution >= 0.6 is 0 Å². The standard InChI is InChI=1S/C21H24N4O/c1-15(2)16-8-10-18(11-9-16)24-21(26)17(13-22)14-23-19-6-5-7-20(12-19)25(3)4/h5-12,14-15,23H,1-4H3,(H,24,26)/b17-14-. The zero-order chi connectivity index (χ0) is 19.1. The summed E-state index contributed by atoms with van der Waals surface area (Å²) in [4.78, 5) is 14.3. The lowest BCUT2D eigenvalue weighted by molar-refractivity contribution is -0.112. The van der Waals surface area contributed by atoms with Crippen LogP contribution in [0.25, 0.3) is 0 Å². The number of amides is 1. The molecule has 0 atom stereocenters. The molecule has 0 aromatic heterocycles. The van der Waals surface area contributed by atoms with Gasteiger partial charge < -0.3 is 15.5 Å². The predicted molar refractivity (Wildman–Crippen MR) is 107 cm³/mol. The van der Waals surface area contributed by atoms with Crippen LogP contribution in [0.4, 0.5) is 17.1 Å². The lowest BCUT2D eigenvalue weighted by atomic mass is 10.0. The molecule has 0 spiro atoms. The minimum Gasteiger partial charge on any atom is -0.378 e. The van der Waals surface area contributed by atoms with Gasteiger partial charge in [0.05, 0.1) is 0 Å². The predicted octanol–water partition coefficient (Wildman–Crippen LogP) is 4.33. The summed E-state index contributed by atoms with van der Waals surface area (Å²) < 4.78 is 0. The van der Waals surface area contributed by atoms with Crippen molar-refractivity contribution >= 4 is 23.0 Å². The maximum atomic E-state index is 12.3. The zero-order valence-corrected chi connectivity index (χ0v) is 15.6. The second kappa shape index (κ2) is 8.72. The van der Waals surface area contributed by atoms with E-state index in [4.69, 9.17) is 0 Å². The van der Waals surface area contributed by atoms with Crippen molar-refractivity contribution in [1.29, 1.82) is 5.26 Å². The van der Waals surface area contributed by atoms with E-state index in [9.17, 15) is 10.1 Å². The van der Waals surface area contributed by atoms with Crippen LogP contribution in [0.2, 0.25) is 0 Å². The third-order valence-electron chi connectivity index (χ3n) is 3.95. The lowest BCUT2D eigenvalue weighted by Gasteiger charge is -2.13. The van der Waals surface area contributed by atoms with Crippen molar-refractivity contribution in [3.8, 4) is 6.07 Å². The van der Waals surface area contributed by atoms with E-state index in [0.29, 0.717) is 11.6 Å². The van der Waals surface area contributed by atoms with E-state index >= 15 is 0 Å². The van der Waals surface area contributed by atoms with Gasteiger partial charge in [-0.3, -0.25) is 4.79 Å². The normalized spacial score (nSPS) is 11.0. The molecule has 0 bridgehead atoms. The highest BCUT2D eigenvalue weighted by Crippen LogP contribution is 2.19. The summed E-state index contributed by atoms with van der Waals surface area (Å²) in [6, 6.07) is 17.3. The van der Waals surface area contributed by atoms with Crippen molar-refractivity contribution in [1.82, 2.24) is 0 Å². The molecular formula is C21H24N4O. The fourth-order valence-electron chi connectivity index (χ4n) is 2.33. The summed E-state index contributed by atoms with van der Waals surface area (Å²) in [6.45, 7) is 4.22. The van der Waals surface area contributed by atoms with E-state index in [-0.39, 0.29) is 5.57 Å². The van der Waals surface area contributed by atoms with Gasteiger partial charge in [0.2, 0.25) is 0 Å². The lowest BCUT2D eigenvalue weighted by Crippen LogP contribution is -2.14. The Bertz CT molecular complexity index is 830. The quantitative estimate of drug-likeness (QED) is 0.602. The van der Waals surface area contributed by atoms with Crippen molar-refractivity contribution in [2.24, 2.45) is 0 Å². The summed E-state index contributed by atoms with van der Waals surface area (Å²) in [5.74, 6) is -0.0162. The van der Waals surface area contributed by atoms with Crippen molar-refractivity contribution in [3.63, 3.8) is 0 Å². The number of hydrogen-bond donors (Lipinski definition) is 2. The smallest absolute Gasteiger partial charge is 0.267 e. The van der Waals surface area contributed by atoms with Crippen LogP contribution in [-0.2, 0) is 4.79 Å². The molecule has 0 radical (unpaired) electrons. The highest BCUT2D eigenvalue weighted by atomic mass is 16.1. The first-order chi connectivity index (χ1) is 12.4. The maximum absolute atomic E-state index is 12.3. The topological polar surface area (TPSA) is 68.2 Å². The van der Waals surface area contributed by atoms with Crippen LogP contribution in [0.5, 0.6) is 0 Å². The molecule has 2 aromatic rings. The van der Waals surface area contributed by atoms with Crippen LogP contribution < -0.4 is 15.5 Å². The second-order valence-electron chi connectivity index (χ2n) is 6.49. The number of rotatable bonds is 6. The highest BCUT2D eigenvalue weighted by Gasteiger charge is 2.10. The molecule has 2 rings (SSSR count). The number of benzene rings is 2. The van der Waals surface area contributed by atoms with E-state index in [1.54, 1.807) is 0 Å². The fourth-order valence-corrected chi connectivity index (χ4v) is 2.33. The Morgan fingerprint density at radius 2 is 1.81 bits per heavy atom. The van der Waals surface area contributed by atoms with Gasteiger partial charge in [-0.2, -0.15) is 5.26 Å². The molecule has 0 aliphatic rings. The molecule has 2 N–H and O–H groups in total. The second-order valence-corrected chi connectivity index (χ2v) is 6.49. The van der Waals surface area contributed by atoms with E-state index in [1.807, 2.05) is 73.6 Å². The SMILES string of the molecule is CC(C)c1ccc(NC(=O)/C(C#N)=C\Nc2cccc(N(C)C)c2)cc1. The highest BCUT2D eigenvalue weighted by molar-refractivity contribution is 6.06. The third-order valence-corrected chi connectivity index (χ3v) is 3.95. The largest absolute Gasteiger partial charge is 0.378 e. The first kappa shape index (κ1) is 19.1. The summed E-state index contributed by atoms with van der Waals surface area (Å²) in [6.07, 6.45) is 1.42. The third kappa shape index (κ3) is 5.12. The fraction of sp³-hybridized carbons (Fsp3) is 0.238. The van der Waals surface area contributed by atoms with Crippen LogP contribution in [0.15, 0.2) is 60.3 Å². The van der Waals surface area contributed by atoms with Gasteiger partial charge in [0.1, 0.15) is 11.6 Å². The summed E-state index contributed by atoms with van der Waals surface area (Å²) in [7, 11) is 3.90. The minimum atomic E-state index is -0.443. The van der Waals surface area contributed by atoms with Gasteiger partial charge in [-0.15, -0.1) is 0 Å². The number of carbonyl (C=O) groups excluding carboxylic acids is 1. The molecule has 0 aliphatic heterocycles. The number of nitrogens with zero attached hydrogens (tertiary/aromatic N) is 2. The van der Waals surface area contributed by atoms with Gasteiger partial charge in [0.15, 0.2) is 0 Å². The number of hydrogen-bond acceptors (Lipinski definition) is 4. The van der Waals surface area contributed by atoms with Crippen molar-refractivity contribution in [2.45, 2.75) is 19.8 Å². The minimum absolute atomic E-state index is 0.00759. The Hall–Kier alpha value is -3.26. The van der Waals surface area contributed by atoms with Gasteiger partial charge in [-0.1, -0.05) is 32.0 Å². The number of carbonyl (C=O) groups is 1. The first-order valence-corrected chi connectivity index (χ1v) is 8.46. The molecule has 0 saturated heterocycles. The number of nitrogens with one attached hydrogen (secondary N) is 2.